The van der Waals surface area contributed by atoms with Crippen molar-refractivity contribution in [2.45, 2.75) is 18.9 Å². The van der Waals surface area contributed by atoms with Gasteiger partial charge >= 0.3 is 13.1 Å². The molecule has 9 heteroatoms. The van der Waals surface area contributed by atoms with Gasteiger partial charge in [-0.3, -0.25) is 4.79 Å². The Kier molecular flexibility index (Phi) is 6.34. The zero-order valence-corrected chi connectivity index (χ0v) is 13.8. The summed E-state index contributed by atoms with van der Waals surface area (Å²) in [5.74, 6) is -3.50. The number of phenols is 1. The summed E-state index contributed by atoms with van der Waals surface area (Å²) in [5.41, 5.74) is 6.43. The van der Waals surface area contributed by atoms with E-state index in [0.717, 1.165) is 5.56 Å². The van der Waals surface area contributed by atoms with Crippen molar-refractivity contribution in [1.82, 2.24) is 5.32 Å². The van der Waals surface area contributed by atoms with E-state index in [9.17, 15) is 24.7 Å². The van der Waals surface area contributed by atoms with Gasteiger partial charge in [0.25, 0.3) is 5.91 Å². The maximum atomic E-state index is 12.3. The lowest BCUT2D eigenvalue weighted by atomic mass is 9.75. The smallest absolute Gasteiger partial charge is 0.475 e. The van der Waals surface area contributed by atoms with Gasteiger partial charge in [-0.1, -0.05) is 24.3 Å². The van der Waals surface area contributed by atoms with Crippen molar-refractivity contribution in [3.05, 3.63) is 64.7 Å². The molecular weight excluding hydrogens is 339 g/mol. The highest BCUT2D eigenvalue weighted by atomic mass is 16.4. The van der Waals surface area contributed by atoms with E-state index in [1.54, 1.807) is 24.3 Å². The van der Waals surface area contributed by atoms with Crippen LogP contribution >= 0.6 is 0 Å². The van der Waals surface area contributed by atoms with Crippen LogP contribution in [0.1, 0.15) is 31.8 Å². The van der Waals surface area contributed by atoms with Gasteiger partial charge in [0.15, 0.2) is 0 Å². The first kappa shape index (κ1) is 19.4. The van der Waals surface area contributed by atoms with E-state index < -0.39 is 30.7 Å². The molecule has 2 rings (SSSR count). The summed E-state index contributed by atoms with van der Waals surface area (Å²) in [6, 6.07) is 10.6. The summed E-state index contributed by atoms with van der Waals surface area (Å²) < 4.78 is 0. The number of nitrogens with two attached hydrogens (primary N) is 1. The molecule has 26 heavy (non-hydrogen) atoms. The Morgan fingerprint density at radius 3 is 2.46 bits per heavy atom. The quantitative estimate of drug-likeness (QED) is 0.378. The van der Waals surface area contributed by atoms with E-state index in [4.69, 9.17) is 10.8 Å². The first-order valence-electron chi connectivity index (χ1n) is 7.83. The molecule has 0 unspecified atom stereocenters. The normalized spacial score (nSPS) is 11.7. The van der Waals surface area contributed by atoms with Gasteiger partial charge in [-0.15, -0.1) is 0 Å². The molecular formula is C17H19BN2O6. The van der Waals surface area contributed by atoms with Crippen molar-refractivity contribution >= 4 is 19.0 Å². The van der Waals surface area contributed by atoms with Crippen LogP contribution in [0.2, 0.25) is 0 Å². The van der Waals surface area contributed by atoms with Gasteiger partial charge in [0.05, 0.1) is 5.94 Å². The van der Waals surface area contributed by atoms with Gasteiger partial charge < -0.3 is 31.3 Å². The van der Waals surface area contributed by atoms with Crippen LogP contribution < -0.4 is 11.1 Å². The number of rotatable bonds is 7. The summed E-state index contributed by atoms with van der Waals surface area (Å²) in [6.07, 6.45) is -0.174. The fourth-order valence-electron chi connectivity index (χ4n) is 2.49. The first-order chi connectivity index (χ1) is 12.3. The Bertz CT molecular complexity index is 812. The highest BCUT2D eigenvalue weighted by Gasteiger charge is 2.28. The summed E-state index contributed by atoms with van der Waals surface area (Å²) in [6.45, 7) is 0.253. The molecule has 0 aliphatic heterocycles. The van der Waals surface area contributed by atoms with Crippen LogP contribution in [0.4, 0.5) is 0 Å². The molecule has 0 radical (unpaired) electrons. The zero-order chi connectivity index (χ0) is 19.3. The number of nitrogens with one attached hydrogen (secondary N) is 1. The molecule has 0 aliphatic rings. The molecule has 1 amide bonds. The highest BCUT2D eigenvalue weighted by molar-refractivity contribution is 6.43. The largest absolute Gasteiger partial charge is 0.507 e. The number of hydrogen-bond acceptors (Lipinski definition) is 6. The second-order valence-corrected chi connectivity index (χ2v) is 5.72. The van der Waals surface area contributed by atoms with Gasteiger partial charge in [-0.25, -0.2) is 4.79 Å². The maximum Gasteiger partial charge on any atom is 0.475 e. The lowest BCUT2D eigenvalue weighted by molar-refractivity contribution is 0.0693. The molecule has 0 bridgehead atoms. The van der Waals surface area contributed by atoms with Gasteiger partial charge in [0, 0.05) is 12.1 Å². The van der Waals surface area contributed by atoms with Crippen LogP contribution in [-0.2, 0) is 13.0 Å². The monoisotopic (exact) mass is 358 g/mol. The molecule has 7 N–H and O–H groups in total. The standard InChI is InChI=1S/C17H19BN2O6/c19-9-10-3-1-5-12(7-10)16(22)20-14(18(25)26)8-11-4-2-6-13(15(11)21)17(23)24/h1-7,14,21,25-26H,8-9,19H2,(H,20,22)(H,23,24)/t14-/m0/s1. The van der Waals surface area contributed by atoms with Crippen molar-refractivity contribution in [3.63, 3.8) is 0 Å². The number of carbonyl (C=O) groups excluding carboxylic acids is 1. The van der Waals surface area contributed by atoms with Crippen molar-refractivity contribution in [1.29, 1.82) is 0 Å². The molecule has 8 nitrogen and oxygen atoms in total. The van der Waals surface area contributed by atoms with E-state index >= 15 is 0 Å². The van der Waals surface area contributed by atoms with Crippen molar-refractivity contribution in [2.75, 3.05) is 0 Å². The Labute approximate surface area is 150 Å². The summed E-state index contributed by atoms with van der Waals surface area (Å²) >= 11 is 0. The number of carboxylic acids is 1. The fraction of sp³-hybridized carbons (Fsp3) is 0.176. The molecule has 0 aliphatic carbocycles. The molecule has 0 aromatic heterocycles. The number of amides is 1. The minimum Gasteiger partial charge on any atom is -0.507 e. The number of para-hydroxylation sites is 1. The Morgan fingerprint density at radius 1 is 1.15 bits per heavy atom. The zero-order valence-electron chi connectivity index (χ0n) is 13.8. The molecule has 0 spiro atoms. The van der Waals surface area contributed by atoms with E-state index in [-0.39, 0.29) is 24.1 Å². The number of carbonyl (C=O) groups is 2. The molecule has 1 atom stereocenters. The van der Waals surface area contributed by atoms with Crippen molar-refractivity contribution in [2.24, 2.45) is 5.73 Å². The van der Waals surface area contributed by atoms with E-state index in [1.165, 1.54) is 18.2 Å². The van der Waals surface area contributed by atoms with Gasteiger partial charge in [0.1, 0.15) is 11.3 Å². The summed E-state index contributed by atoms with van der Waals surface area (Å²) in [7, 11) is -1.91. The number of carboxylic acid groups (broad SMARTS) is 1. The van der Waals surface area contributed by atoms with E-state index in [2.05, 4.69) is 5.32 Å². The lowest BCUT2D eigenvalue weighted by Gasteiger charge is -2.19. The second-order valence-electron chi connectivity index (χ2n) is 5.72. The Hall–Kier alpha value is -2.88. The average molecular weight is 358 g/mol. The van der Waals surface area contributed by atoms with Crippen LogP contribution in [0.15, 0.2) is 42.5 Å². The Morgan fingerprint density at radius 2 is 1.85 bits per heavy atom. The minimum atomic E-state index is -1.91. The van der Waals surface area contributed by atoms with Gasteiger partial charge in [0.2, 0.25) is 0 Å². The van der Waals surface area contributed by atoms with Crippen LogP contribution in [0.5, 0.6) is 5.75 Å². The topological polar surface area (TPSA) is 153 Å². The van der Waals surface area contributed by atoms with Crippen LogP contribution in [-0.4, -0.2) is 45.2 Å². The predicted molar refractivity (Wildman–Crippen MR) is 94.5 cm³/mol. The third-order valence-electron chi connectivity index (χ3n) is 3.89. The van der Waals surface area contributed by atoms with Crippen LogP contribution in [0.25, 0.3) is 0 Å². The number of aromatic hydroxyl groups is 1. The third-order valence-corrected chi connectivity index (χ3v) is 3.89. The van der Waals surface area contributed by atoms with Gasteiger partial charge in [-0.2, -0.15) is 0 Å². The first-order valence-corrected chi connectivity index (χ1v) is 7.83. The van der Waals surface area contributed by atoms with E-state index in [1.807, 2.05) is 0 Å². The molecule has 0 saturated carbocycles. The summed E-state index contributed by atoms with van der Waals surface area (Å²) in [4.78, 5) is 23.4. The lowest BCUT2D eigenvalue weighted by Crippen LogP contribution is -2.48. The summed E-state index contributed by atoms with van der Waals surface area (Å²) in [5, 5.41) is 40.7. The van der Waals surface area contributed by atoms with Gasteiger partial charge in [-0.05, 0) is 35.7 Å². The van der Waals surface area contributed by atoms with Crippen LogP contribution in [0.3, 0.4) is 0 Å². The number of aromatic carboxylic acids is 1. The molecule has 2 aromatic carbocycles. The van der Waals surface area contributed by atoms with Crippen molar-refractivity contribution in [3.8, 4) is 5.75 Å². The molecule has 136 valence electrons. The second kappa shape index (κ2) is 8.48. The number of benzene rings is 2. The molecule has 0 heterocycles. The minimum absolute atomic E-state index is 0.166. The fourth-order valence-corrected chi connectivity index (χ4v) is 2.49. The maximum absolute atomic E-state index is 12.3. The predicted octanol–water partition coefficient (Wildman–Crippen LogP) is -0.0978. The highest BCUT2D eigenvalue weighted by Crippen LogP contribution is 2.24. The Balaban J connectivity index is 2.21. The molecule has 0 saturated heterocycles. The molecule has 0 fully saturated rings. The number of hydrogen-bond donors (Lipinski definition) is 6. The average Bonchev–Trinajstić information content (AvgIpc) is 2.62. The molecule has 2 aromatic rings. The van der Waals surface area contributed by atoms with Crippen LogP contribution in [0, 0.1) is 0 Å². The van der Waals surface area contributed by atoms with E-state index in [0.29, 0.717) is 5.56 Å². The third kappa shape index (κ3) is 4.60. The SMILES string of the molecule is NCc1cccc(C(=O)N[C@@H](Cc2cccc(C(=O)O)c2O)B(O)O)c1. The van der Waals surface area contributed by atoms with Crippen molar-refractivity contribution < 1.29 is 29.9 Å².